The molecular formula is C17H24ClN7O. The molecule has 1 fully saturated rings. The van der Waals surface area contributed by atoms with Crippen molar-refractivity contribution in [3.05, 3.63) is 34.4 Å². The van der Waals surface area contributed by atoms with Crippen LogP contribution in [0.5, 0.6) is 0 Å². The van der Waals surface area contributed by atoms with Crippen LogP contribution < -0.4 is 10.2 Å². The molecule has 1 aliphatic heterocycles. The van der Waals surface area contributed by atoms with Crippen LogP contribution in [0.2, 0.25) is 5.15 Å². The van der Waals surface area contributed by atoms with Gasteiger partial charge in [0.1, 0.15) is 5.15 Å². The third-order valence-corrected chi connectivity index (χ3v) is 4.99. The van der Waals surface area contributed by atoms with Gasteiger partial charge in [-0.2, -0.15) is 5.10 Å². The molecule has 3 rings (SSSR count). The van der Waals surface area contributed by atoms with Gasteiger partial charge in [-0.25, -0.2) is 9.97 Å². The highest BCUT2D eigenvalue weighted by Crippen LogP contribution is 2.21. The standard InChI is InChI=1S/C17H24ClN7O/c1-12-14(15(18)24(3)22-12)11-23(2)17-20-9-13(10-21-17)16(26)25-7-4-5-19-6-8-25/h9-10,19H,4-8,11H2,1-3H3. The molecular weight excluding hydrogens is 354 g/mol. The van der Waals surface area contributed by atoms with Gasteiger partial charge >= 0.3 is 0 Å². The third kappa shape index (κ3) is 3.96. The lowest BCUT2D eigenvalue weighted by atomic mass is 10.2. The average molecular weight is 378 g/mol. The molecule has 0 aromatic carbocycles. The first-order valence-corrected chi connectivity index (χ1v) is 9.06. The Kier molecular flexibility index (Phi) is 5.73. The summed E-state index contributed by atoms with van der Waals surface area (Å²) in [6.07, 6.45) is 4.15. The molecule has 0 aliphatic carbocycles. The van der Waals surface area contributed by atoms with E-state index in [0.717, 1.165) is 37.3 Å². The minimum absolute atomic E-state index is 0.0194. The van der Waals surface area contributed by atoms with Gasteiger partial charge in [0, 0.05) is 51.7 Å². The Hall–Kier alpha value is -2.19. The Morgan fingerprint density at radius 1 is 1.31 bits per heavy atom. The molecule has 8 nitrogen and oxygen atoms in total. The topological polar surface area (TPSA) is 79.2 Å². The first kappa shape index (κ1) is 18.6. The lowest BCUT2D eigenvalue weighted by Gasteiger charge is -2.20. The minimum Gasteiger partial charge on any atom is -0.339 e. The van der Waals surface area contributed by atoms with Crippen molar-refractivity contribution >= 4 is 23.5 Å². The number of amides is 1. The van der Waals surface area contributed by atoms with Crippen molar-refractivity contribution in [2.24, 2.45) is 7.05 Å². The van der Waals surface area contributed by atoms with Crippen LogP contribution in [0.3, 0.4) is 0 Å². The van der Waals surface area contributed by atoms with Crippen LogP contribution in [0, 0.1) is 6.92 Å². The van der Waals surface area contributed by atoms with Gasteiger partial charge in [0.05, 0.1) is 17.8 Å². The molecule has 0 radical (unpaired) electrons. The summed E-state index contributed by atoms with van der Waals surface area (Å²) >= 11 is 6.29. The Balaban J connectivity index is 1.69. The number of carbonyl (C=O) groups is 1. The van der Waals surface area contributed by atoms with E-state index >= 15 is 0 Å². The lowest BCUT2D eigenvalue weighted by molar-refractivity contribution is 0.0765. The average Bonchev–Trinajstić information content (AvgIpc) is 2.85. The second-order valence-electron chi connectivity index (χ2n) is 6.50. The normalized spacial score (nSPS) is 15.0. The van der Waals surface area contributed by atoms with Crippen molar-refractivity contribution in [3.63, 3.8) is 0 Å². The van der Waals surface area contributed by atoms with Crippen LogP contribution in [-0.4, -0.2) is 63.8 Å². The van der Waals surface area contributed by atoms with Crippen LogP contribution >= 0.6 is 11.6 Å². The van der Waals surface area contributed by atoms with Gasteiger partial charge in [0.2, 0.25) is 5.95 Å². The van der Waals surface area contributed by atoms with Gasteiger partial charge in [-0.1, -0.05) is 11.6 Å². The van der Waals surface area contributed by atoms with Crippen molar-refractivity contribution in [3.8, 4) is 0 Å². The Morgan fingerprint density at radius 3 is 2.69 bits per heavy atom. The molecule has 0 spiro atoms. The summed E-state index contributed by atoms with van der Waals surface area (Å²) in [5, 5.41) is 8.22. The van der Waals surface area contributed by atoms with Crippen molar-refractivity contribution < 1.29 is 4.79 Å². The maximum atomic E-state index is 12.6. The van der Waals surface area contributed by atoms with Crippen LogP contribution in [0.15, 0.2) is 12.4 Å². The summed E-state index contributed by atoms with van der Waals surface area (Å²) in [6.45, 7) is 5.70. The summed E-state index contributed by atoms with van der Waals surface area (Å²) in [4.78, 5) is 25.1. The maximum absolute atomic E-state index is 12.6. The smallest absolute Gasteiger partial charge is 0.257 e. The molecule has 1 saturated heterocycles. The number of aryl methyl sites for hydroxylation is 2. The van der Waals surface area contributed by atoms with E-state index in [2.05, 4.69) is 20.4 Å². The summed E-state index contributed by atoms with van der Waals surface area (Å²) in [6, 6.07) is 0. The quantitative estimate of drug-likeness (QED) is 0.863. The van der Waals surface area contributed by atoms with E-state index < -0.39 is 0 Å². The van der Waals surface area contributed by atoms with Crippen LogP contribution in [0.4, 0.5) is 5.95 Å². The summed E-state index contributed by atoms with van der Waals surface area (Å²) in [7, 11) is 3.70. The first-order chi connectivity index (χ1) is 12.5. The van der Waals surface area contributed by atoms with Crippen molar-refractivity contribution in [2.45, 2.75) is 19.9 Å². The Bertz CT molecular complexity index is 766. The van der Waals surface area contributed by atoms with E-state index in [9.17, 15) is 4.79 Å². The van der Waals surface area contributed by atoms with Gasteiger partial charge in [-0.15, -0.1) is 0 Å². The Morgan fingerprint density at radius 2 is 2.04 bits per heavy atom. The van der Waals surface area contributed by atoms with Gasteiger partial charge in [-0.3, -0.25) is 9.48 Å². The van der Waals surface area contributed by atoms with Crippen molar-refractivity contribution in [1.82, 2.24) is 30.0 Å². The lowest BCUT2D eigenvalue weighted by Crippen LogP contribution is -2.34. The third-order valence-electron chi connectivity index (χ3n) is 4.52. The second-order valence-corrected chi connectivity index (χ2v) is 6.86. The van der Waals surface area contributed by atoms with E-state index in [-0.39, 0.29) is 5.91 Å². The number of carbonyl (C=O) groups excluding carboxylic acids is 1. The number of nitrogens with zero attached hydrogens (tertiary/aromatic N) is 6. The highest BCUT2D eigenvalue weighted by Gasteiger charge is 2.19. The largest absolute Gasteiger partial charge is 0.339 e. The van der Waals surface area contributed by atoms with Crippen molar-refractivity contribution in [1.29, 1.82) is 0 Å². The van der Waals surface area contributed by atoms with E-state index in [1.54, 1.807) is 17.1 Å². The fourth-order valence-corrected chi connectivity index (χ4v) is 3.26. The van der Waals surface area contributed by atoms with Crippen LogP contribution in [0.25, 0.3) is 0 Å². The fourth-order valence-electron chi connectivity index (χ4n) is 3.02. The molecule has 26 heavy (non-hydrogen) atoms. The zero-order valence-corrected chi connectivity index (χ0v) is 16.1. The van der Waals surface area contributed by atoms with E-state index in [1.165, 1.54) is 0 Å². The molecule has 140 valence electrons. The predicted molar refractivity (Wildman–Crippen MR) is 100 cm³/mol. The first-order valence-electron chi connectivity index (χ1n) is 8.68. The van der Waals surface area contributed by atoms with Crippen LogP contribution in [-0.2, 0) is 13.6 Å². The fraction of sp³-hybridized carbons (Fsp3) is 0.529. The van der Waals surface area contributed by atoms with Gasteiger partial charge in [0.25, 0.3) is 5.91 Å². The van der Waals surface area contributed by atoms with Gasteiger partial charge in [0.15, 0.2) is 0 Å². The molecule has 3 heterocycles. The zero-order valence-electron chi connectivity index (χ0n) is 15.4. The van der Waals surface area contributed by atoms with Gasteiger partial charge < -0.3 is 15.1 Å². The summed E-state index contributed by atoms with van der Waals surface area (Å²) in [5.74, 6) is 0.521. The maximum Gasteiger partial charge on any atom is 0.257 e. The molecule has 0 saturated carbocycles. The predicted octanol–water partition coefficient (Wildman–Crippen LogP) is 1.24. The monoisotopic (exact) mass is 377 g/mol. The molecule has 1 aliphatic rings. The highest BCUT2D eigenvalue weighted by molar-refractivity contribution is 6.30. The molecule has 1 amide bonds. The van der Waals surface area contributed by atoms with Gasteiger partial charge in [-0.05, 0) is 19.9 Å². The number of hydrogen-bond donors (Lipinski definition) is 1. The molecule has 0 unspecified atom stereocenters. The van der Waals surface area contributed by atoms with E-state index in [0.29, 0.717) is 29.8 Å². The number of hydrogen-bond acceptors (Lipinski definition) is 6. The molecule has 9 heteroatoms. The number of anilines is 1. The molecule has 2 aromatic heterocycles. The molecule has 2 aromatic rings. The number of halogens is 1. The summed E-state index contributed by atoms with van der Waals surface area (Å²) in [5.41, 5.74) is 2.34. The second kappa shape index (κ2) is 8.01. The number of nitrogens with one attached hydrogen (secondary N) is 1. The molecule has 0 atom stereocenters. The highest BCUT2D eigenvalue weighted by atomic mass is 35.5. The van der Waals surface area contributed by atoms with E-state index in [1.807, 2.05) is 30.8 Å². The Labute approximate surface area is 158 Å². The number of rotatable bonds is 4. The summed E-state index contributed by atoms with van der Waals surface area (Å²) < 4.78 is 1.65. The van der Waals surface area contributed by atoms with Crippen LogP contribution in [0.1, 0.15) is 28.0 Å². The zero-order chi connectivity index (χ0) is 18.7. The van der Waals surface area contributed by atoms with E-state index in [4.69, 9.17) is 11.6 Å². The molecule has 0 bridgehead atoms. The van der Waals surface area contributed by atoms with Crippen molar-refractivity contribution in [2.75, 3.05) is 38.1 Å². The molecule has 1 N–H and O–H groups in total. The SMILES string of the molecule is Cc1nn(C)c(Cl)c1CN(C)c1ncc(C(=O)N2CCCNCC2)cn1. The number of aromatic nitrogens is 4. The minimum atomic E-state index is -0.0194.